The van der Waals surface area contributed by atoms with Gasteiger partial charge in [-0.15, -0.1) is 11.3 Å². The zero-order chi connectivity index (χ0) is 9.26. The van der Waals surface area contributed by atoms with Gasteiger partial charge in [-0.1, -0.05) is 23.4 Å². The van der Waals surface area contributed by atoms with Gasteiger partial charge in [0.05, 0.1) is 10.0 Å². The Balaban J connectivity index is 2.78. The lowest BCUT2D eigenvalue weighted by atomic mass is 10.2. The molecular weight excluding hydrogens is 250 g/mol. The largest absolute Gasteiger partial charge is 0.411 e. The summed E-state index contributed by atoms with van der Waals surface area (Å²) in [5.41, 5.74) is 0.933. The Morgan fingerprint density at radius 1 is 1.38 bits per heavy atom. The average Bonchev–Trinajstić information content (AvgIpc) is 2.44. The van der Waals surface area contributed by atoms with E-state index in [-0.39, 0.29) is 0 Å². The van der Waals surface area contributed by atoms with Crippen molar-refractivity contribution in [3.05, 3.63) is 33.6 Å². The number of hydrogen-bond donors (Lipinski definition) is 1. The highest BCUT2D eigenvalue weighted by Crippen LogP contribution is 2.33. The predicted octanol–water partition coefficient (Wildman–Crippen LogP) is 3.47. The van der Waals surface area contributed by atoms with Crippen molar-refractivity contribution in [3.8, 4) is 0 Å². The van der Waals surface area contributed by atoms with E-state index < -0.39 is 0 Å². The fraction of sp³-hybridized carbons (Fsp3) is 0. The van der Waals surface area contributed by atoms with Gasteiger partial charge in [-0.25, -0.2) is 0 Å². The lowest BCUT2D eigenvalue weighted by Gasteiger charge is -1.89. The third-order valence-electron chi connectivity index (χ3n) is 1.78. The zero-order valence-corrected chi connectivity index (χ0v) is 8.97. The maximum atomic E-state index is 8.48. The van der Waals surface area contributed by atoms with Crippen molar-refractivity contribution in [1.29, 1.82) is 0 Å². The van der Waals surface area contributed by atoms with Crippen molar-refractivity contribution in [2.24, 2.45) is 5.16 Å². The van der Waals surface area contributed by atoms with Crippen LogP contribution in [-0.4, -0.2) is 11.4 Å². The van der Waals surface area contributed by atoms with Crippen molar-refractivity contribution in [1.82, 2.24) is 0 Å². The smallest absolute Gasteiger partial charge is 0.0800 e. The van der Waals surface area contributed by atoms with Gasteiger partial charge in [0.1, 0.15) is 0 Å². The maximum Gasteiger partial charge on any atom is 0.0800 e. The van der Waals surface area contributed by atoms with E-state index in [0.29, 0.717) is 0 Å². The number of nitrogens with zero attached hydrogens (tertiary/aromatic N) is 1. The molecule has 2 aromatic rings. The number of thiophene rings is 1. The van der Waals surface area contributed by atoms with Gasteiger partial charge in [0.15, 0.2) is 0 Å². The van der Waals surface area contributed by atoms with Crippen LogP contribution in [0.4, 0.5) is 0 Å². The third kappa shape index (κ3) is 1.47. The Morgan fingerprint density at radius 2 is 2.15 bits per heavy atom. The second-order valence-corrected chi connectivity index (χ2v) is 4.90. The molecule has 0 radical (unpaired) electrons. The van der Waals surface area contributed by atoms with E-state index in [4.69, 9.17) is 5.21 Å². The molecule has 1 aromatic heterocycles. The Morgan fingerprint density at radius 3 is 2.92 bits per heavy atom. The van der Waals surface area contributed by atoms with Crippen molar-refractivity contribution < 1.29 is 5.21 Å². The Labute approximate surface area is 87.6 Å². The lowest BCUT2D eigenvalue weighted by Crippen LogP contribution is -1.77. The number of rotatable bonds is 1. The fourth-order valence-electron chi connectivity index (χ4n) is 1.21. The minimum atomic E-state index is 0.933. The number of fused-ring (bicyclic) bond motifs is 1. The van der Waals surface area contributed by atoms with Crippen molar-refractivity contribution in [2.45, 2.75) is 0 Å². The first-order valence-electron chi connectivity index (χ1n) is 3.67. The van der Waals surface area contributed by atoms with Gasteiger partial charge in [-0.05, 0) is 22.0 Å². The Kier molecular flexibility index (Phi) is 2.33. The summed E-state index contributed by atoms with van der Waals surface area (Å²) in [6, 6.07) is 8.01. The summed E-state index contributed by atoms with van der Waals surface area (Å²) in [4.78, 5) is 0. The molecule has 1 aromatic carbocycles. The summed E-state index contributed by atoms with van der Waals surface area (Å²) in [6.07, 6.45) is 1.45. The molecule has 0 aliphatic rings. The Hall–Kier alpha value is -0.870. The highest BCUT2D eigenvalue weighted by Gasteiger charge is 2.06. The third-order valence-corrected chi connectivity index (χ3v) is 3.66. The molecule has 0 unspecified atom stereocenters. The molecule has 2 rings (SSSR count). The second-order valence-electron chi connectivity index (χ2n) is 2.53. The van der Waals surface area contributed by atoms with E-state index >= 15 is 0 Å². The molecule has 13 heavy (non-hydrogen) atoms. The highest BCUT2D eigenvalue weighted by atomic mass is 79.9. The van der Waals surface area contributed by atoms with Crippen LogP contribution >= 0.6 is 27.3 Å². The minimum Gasteiger partial charge on any atom is -0.411 e. The van der Waals surface area contributed by atoms with Gasteiger partial charge >= 0.3 is 0 Å². The van der Waals surface area contributed by atoms with Crippen LogP contribution < -0.4 is 0 Å². The van der Waals surface area contributed by atoms with E-state index in [9.17, 15) is 0 Å². The van der Waals surface area contributed by atoms with E-state index in [1.807, 2.05) is 24.3 Å². The second kappa shape index (κ2) is 3.47. The summed E-state index contributed by atoms with van der Waals surface area (Å²) in [6.45, 7) is 0. The van der Waals surface area contributed by atoms with Crippen molar-refractivity contribution >= 4 is 43.6 Å². The standard InChI is InChI=1S/C9H6BrNOS/c10-9-7(5-11-12)6-3-1-2-4-8(6)13-9/h1-5,12H. The first-order valence-corrected chi connectivity index (χ1v) is 5.28. The molecule has 4 heteroatoms. The molecule has 66 valence electrons. The van der Waals surface area contributed by atoms with Crippen LogP contribution in [0.15, 0.2) is 33.2 Å². The van der Waals surface area contributed by atoms with Crippen molar-refractivity contribution in [2.75, 3.05) is 0 Å². The summed E-state index contributed by atoms with van der Waals surface area (Å²) in [7, 11) is 0. The maximum absolute atomic E-state index is 8.48. The first-order chi connectivity index (χ1) is 6.33. The molecule has 1 N–H and O–H groups in total. The zero-order valence-electron chi connectivity index (χ0n) is 6.57. The van der Waals surface area contributed by atoms with Gasteiger partial charge in [-0.2, -0.15) is 0 Å². The van der Waals surface area contributed by atoms with Crippen LogP contribution in [0.5, 0.6) is 0 Å². The monoisotopic (exact) mass is 255 g/mol. The molecule has 0 saturated carbocycles. The summed E-state index contributed by atoms with van der Waals surface area (Å²) >= 11 is 5.06. The molecule has 0 fully saturated rings. The topological polar surface area (TPSA) is 32.6 Å². The quantitative estimate of drug-likeness (QED) is 0.473. The molecule has 1 heterocycles. The summed E-state index contributed by atoms with van der Waals surface area (Å²) in [5.74, 6) is 0. The van der Waals surface area contributed by atoms with E-state index in [1.54, 1.807) is 11.3 Å². The molecule has 0 amide bonds. The number of benzene rings is 1. The van der Waals surface area contributed by atoms with Gasteiger partial charge in [-0.3, -0.25) is 0 Å². The molecule has 0 saturated heterocycles. The van der Waals surface area contributed by atoms with Crippen LogP contribution in [0.2, 0.25) is 0 Å². The van der Waals surface area contributed by atoms with Gasteiger partial charge in [0, 0.05) is 15.6 Å². The number of hydrogen-bond acceptors (Lipinski definition) is 3. The van der Waals surface area contributed by atoms with Crippen molar-refractivity contribution in [3.63, 3.8) is 0 Å². The van der Waals surface area contributed by atoms with Gasteiger partial charge in [0.25, 0.3) is 0 Å². The molecule has 2 nitrogen and oxygen atoms in total. The van der Waals surface area contributed by atoms with Crippen LogP contribution in [-0.2, 0) is 0 Å². The average molecular weight is 256 g/mol. The van der Waals surface area contributed by atoms with Crippen LogP contribution in [0.25, 0.3) is 10.1 Å². The fourth-order valence-corrected chi connectivity index (χ4v) is 2.95. The van der Waals surface area contributed by atoms with E-state index in [2.05, 4.69) is 21.1 Å². The number of oxime groups is 1. The molecule has 0 aliphatic carbocycles. The van der Waals surface area contributed by atoms with Gasteiger partial charge < -0.3 is 5.21 Å². The first kappa shape index (κ1) is 8.72. The highest BCUT2D eigenvalue weighted by molar-refractivity contribution is 9.11. The molecule has 0 atom stereocenters. The Bertz CT molecular complexity index is 464. The molecule has 0 bridgehead atoms. The predicted molar refractivity (Wildman–Crippen MR) is 58.9 cm³/mol. The molecule has 0 spiro atoms. The molecule has 0 aliphatic heterocycles. The lowest BCUT2D eigenvalue weighted by molar-refractivity contribution is 0.322. The molecular formula is C9H6BrNOS. The minimum absolute atomic E-state index is 0.933. The van der Waals surface area contributed by atoms with E-state index in [1.165, 1.54) is 10.9 Å². The van der Waals surface area contributed by atoms with Crippen LogP contribution in [0, 0.1) is 0 Å². The summed E-state index contributed by atoms with van der Waals surface area (Å²) in [5, 5.41) is 12.6. The van der Waals surface area contributed by atoms with Crippen LogP contribution in [0.3, 0.4) is 0 Å². The SMILES string of the molecule is ON=Cc1c(Br)sc2ccccc12. The van der Waals surface area contributed by atoms with E-state index in [0.717, 1.165) is 14.7 Å². The van der Waals surface area contributed by atoms with Gasteiger partial charge in [0.2, 0.25) is 0 Å². The number of halogens is 1. The summed E-state index contributed by atoms with van der Waals surface area (Å²) < 4.78 is 2.18. The normalized spacial score (nSPS) is 11.5. The van der Waals surface area contributed by atoms with Crippen LogP contribution in [0.1, 0.15) is 5.56 Å².